The first-order chi connectivity index (χ1) is 6.60. The predicted molar refractivity (Wildman–Crippen MR) is 49.7 cm³/mol. The third kappa shape index (κ3) is 1.96. The Morgan fingerprint density at radius 1 is 1.64 bits per heavy atom. The maximum Gasteiger partial charge on any atom is 0.184 e. The maximum atomic E-state index is 13.2. The molecule has 1 N–H and O–H groups in total. The van der Waals surface area contributed by atoms with Gasteiger partial charge in [0.2, 0.25) is 0 Å². The summed E-state index contributed by atoms with van der Waals surface area (Å²) in [7, 11) is 1.33. The molecule has 0 bridgehead atoms. The molecule has 0 saturated heterocycles. The second-order valence-electron chi connectivity index (χ2n) is 2.56. The molecule has 0 aliphatic rings. The van der Waals surface area contributed by atoms with Gasteiger partial charge in [-0.05, 0) is 0 Å². The zero-order valence-corrected chi connectivity index (χ0v) is 8.14. The van der Waals surface area contributed by atoms with E-state index in [2.05, 4.69) is 0 Å². The third-order valence-corrected chi connectivity index (χ3v) is 1.92. The summed E-state index contributed by atoms with van der Waals surface area (Å²) in [4.78, 5) is 11.1. The molecular formula is C9H8ClFO3. The van der Waals surface area contributed by atoms with E-state index >= 15 is 0 Å². The minimum absolute atomic E-state index is 0.145. The van der Waals surface area contributed by atoms with E-state index in [1.165, 1.54) is 7.11 Å². The smallest absolute Gasteiger partial charge is 0.184 e. The van der Waals surface area contributed by atoms with E-state index in [4.69, 9.17) is 16.3 Å². The van der Waals surface area contributed by atoms with Gasteiger partial charge in [0.1, 0.15) is 17.3 Å². The Kier molecular flexibility index (Phi) is 3.30. The third-order valence-electron chi connectivity index (χ3n) is 1.68. The molecule has 5 heteroatoms. The van der Waals surface area contributed by atoms with Crippen molar-refractivity contribution < 1.29 is 19.0 Å². The minimum Gasteiger partial charge on any atom is -0.507 e. The standard InChI is InChI=1S/C9H8ClFO3/c1-14-5-2-6(11)9(7(12)3-5)8(13)4-10/h2-3,12H,4H2,1H3. The number of phenols is 1. The summed E-state index contributed by atoms with van der Waals surface area (Å²) >= 11 is 5.25. The summed E-state index contributed by atoms with van der Waals surface area (Å²) in [6, 6.07) is 2.17. The quantitative estimate of drug-likeness (QED) is 0.623. The molecule has 0 spiro atoms. The number of hydrogen-bond donors (Lipinski definition) is 1. The fourth-order valence-corrected chi connectivity index (χ4v) is 1.16. The van der Waals surface area contributed by atoms with E-state index < -0.39 is 22.9 Å². The molecule has 1 aromatic carbocycles. The van der Waals surface area contributed by atoms with Crippen LogP contribution in [0.15, 0.2) is 12.1 Å². The van der Waals surface area contributed by atoms with Crippen LogP contribution >= 0.6 is 11.6 Å². The highest BCUT2D eigenvalue weighted by molar-refractivity contribution is 6.30. The molecule has 0 radical (unpaired) electrons. The van der Waals surface area contributed by atoms with Crippen LogP contribution in [0.4, 0.5) is 4.39 Å². The summed E-state index contributed by atoms with van der Waals surface area (Å²) in [6.07, 6.45) is 0. The van der Waals surface area contributed by atoms with Crippen molar-refractivity contribution in [2.75, 3.05) is 13.0 Å². The first-order valence-corrected chi connectivity index (χ1v) is 4.29. The van der Waals surface area contributed by atoms with Crippen LogP contribution in [-0.4, -0.2) is 23.9 Å². The molecule has 0 heterocycles. The van der Waals surface area contributed by atoms with Crippen molar-refractivity contribution in [1.29, 1.82) is 0 Å². The molecule has 0 amide bonds. The molecule has 0 aliphatic carbocycles. The van der Waals surface area contributed by atoms with Gasteiger partial charge in [0.05, 0.1) is 18.6 Å². The predicted octanol–water partition coefficient (Wildman–Crippen LogP) is 1.96. The van der Waals surface area contributed by atoms with Crippen molar-refractivity contribution in [3.63, 3.8) is 0 Å². The maximum absolute atomic E-state index is 13.2. The van der Waals surface area contributed by atoms with E-state index in [-0.39, 0.29) is 11.6 Å². The van der Waals surface area contributed by atoms with E-state index in [0.717, 1.165) is 12.1 Å². The average Bonchev–Trinajstić information content (AvgIpc) is 2.16. The lowest BCUT2D eigenvalue weighted by Crippen LogP contribution is -2.04. The van der Waals surface area contributed by atoms with Gasteiger partial charge in [0, 0.05) is 12.1 Å². The SMILES string of the molecule is COc1cc(O)c(C(=O)CCl)c(F)c1. The summed E-state index contributed by atoms with van der Waals surface area (Å²) in [5, 5.41) is 9.31. The van der Waals surface area contributed by atoms with Gasteiger partial charge < -0.3 is 9.84 Å². The lowest BCUT2D eigenvalue weighted by Gasteiger charge is -2.06. The normalized spacial score (nSPS) is 9.93. The first kappa shape index (κ1) is 10.8. The van der Waals surface area contributed by atoms with Crippen molar-refractivity contribution in [2.24, 2.45) is 0 Å². The van der Waals surface area contributed by atoms with Crippen molar-refractivity contribution >= 4 is 17.4 Å². The van der Waals surface area contributed by atoms with Crippen LogP contribution < -0.4 is 4.74 Å². The molecule has 0 saturated carbocycles. The molecule has 0 aliphatic heterocycles. The number of ether oxygens (including phenoxy) is 1. The molecule has 1 rings (SSSR count). The second-order valence-corrected chi connectivity index (χ2v) is 2.83. The Morgan fingerprint density at radius 2 is 2.29 bits per heavy atom. The number of alkyl halides is 1. The van der Waals surface area contributed by atoms with Gasteiger partial charge in [-0.25, -0.2) is 4.39 Å². The minimum atomic E-state index is -0.840. The van der Waals surface area contributed by atoms with E-state index in [1.54, 1.807) is 0 Å². The molecule has 0 atom stereocenters. The van der Waals surface area contributed by atoms with Crippen LogP contribution in [-0.2, 0) is 0 Å². The van der Waals surface area contributed by atoms with Crippen LogP contribution in [0.2, 0.25) is 0 Å². The largest absolute Gasteiger partial charge is 0.507 e. The molecular weight excluding hydrogens is 211 g/mol. The summed E-state index contributed by atoms with van der Waals surface area (Å²) in [5.74, 6) is -2.20. The number of benzene rings is 1. The fraction of sp³-hybridized carbons (Fsp3) is 0.222. The van der Waals surface area contributed by atoms with E-state index in [9.17, 15) is 14.3 Å². The fourth-order valence-electron chi connectivity index (χ4n) is 1.03. The van der Waals surface area contributed by atoms with Gasteiger partial charge in [-0.15, -0.1) is 11.6 Å². The number of phenolic OH excluding ortho intramolecular Hbond substituents is 1. The Morgan fingerprint density at radius 3 is 2.71 bits per heavy atom. The highest BCUT2D eigenvalue weighted by Crippen LogP contribution is 2.27. The topological polar surface area (TPSA) is 46.5 Å². The van der Waals surface area contributed by atoms with Gasteiger partial charge in [0.15, 0.2) is 5.78 Å². The summed E-state index contributed by atoms with van der Waals surface area (Å²) in [6.45, 7) is 0. The second kappa shape index (κ2) is 4.28. The lowest BCUT2D eigenvalue weighted by molar-refractivity contribution is 0.101. The van der Waals surface area contributed by atoms with Crippen molar-refractivity contribution in [3.8, 4) is 11.5 Å². The van der Waals surface area contributed by atoms with Crippen LogP contribution in [0.25, 0.3) is 0 Å². The zero-order chi connectivity index (χ0) is 10.7. The Labute approximate surface area is 85.1 Å². The van der Waals surface area contributed by atoms with Crippen LogP contribution in [0.1, 0.15) is 10.4 Å². The number of carbonyl (C=O) groups is 1. The number of ketones is 1. The zero-order valence-electron chi connectivity index (χ0n) is 7.38. The molecule has 0 aromatic heterocycles. The molecule has 3 nitrogen and oxygen atoms in total. The number of methoxy groups -OCH3 is 1. The molecule has 0 fully saturated rings. The Bertz CT molecular complexity index is 342. The highest BCUT2D eigenvalue weighted by Gasteiger charge is 2.17. The number of aromatic hydroxyl groups is 1. The monoisotopic (exact) mass is 218 g/mol. The number of hydrogen-bond acceptors (Lipinski definition) is 3. The highest BCUT2D eigenvalue weighted by atomic mass is 35.5. The van der Waals surface area contributed by atoms with Gasteiger partial charge in [0.25, 0.3) is 0 Å². The van der Waals surface area contributed by atoms with Crippen LogP contribution in [0.3, 0.4) is 0 Å². The molecule has 0 unspecified atom stereocenters. The molecule has 76 valence electrons. The number of Topliss-reactive ketones (excluding diaryl/α,β-unsaturated/α-hetero) is 1. The van der Waals surface area contributed by atoms with Crippen molar-refractivity contribution in [3.05, 3.63) is 23.5 Å². The van der Waals surface area contributed by atoms with E-state index in [1.807, 2.05) is 0 Å². The number of rotatable bonds is 3. The van der Waals surface area contributed by atoms with Gasteiger partial charge in [-0.3, -0.25) is 4.79 Å². The lowest BCUT2D eigenvalue weighted by atomic mass is 10.1. The van der Waals surface area contributed by atoms with Gasteiger partial charge in [-0.1, -0.05) is 0 Å². The summed E-state index contributed by atoms with van der Waals surface area (Å²) in [5.41, 5.74) is -0.402. The first-order valence-electron chi connectivity index (χ1n) is 3.75. The number of halogens is 2. The van der Waals surface area contributed by atoms with Gasteiger partial charge in [-0.2, -0.15) is 0 Å². The summed E-state index contributed by atoms with van der Waals surface area (Å²) < 4.78 is 17.9. The Balaban J connectivity index is 3.25. The molecule has 1 aromatic rings. The average molecular weight is 219 g/mol. The van der Waals surface area contributed by atoms with E-state index in [0.29, 0.717) is 0 Å². The van der Waals surface area contributed by atoms with Crippen LogP contribution in [0, 0.1) is 5.82 Å². The van der Waals surface area contributed by atoms with Crippen molar-refractivity contribution in [2.45, 2.75) is 0 Å². The molecule has 14 heavy (non-hydrogen) atoms. The van der Waals surface area contributed by atoms with Crippen molar-refractivity contribution in [1.82, 2.24) is 0 Å². The van der Waals surface area contributed by atoms with Gasteiger partial charge >= 0.3 is 0 Å². The van der Waals surface area contributed by atoms with Crippen LogP contribution in [0.5, 0.6) is 11.5 Å². The Hall–Kier alpha value is -1.29. The number of carbonyl (C=O) groups excluding carboxylic acids is 1.